The molecule has 3 heterocycles. The number of pyridine rings is 1. The Kier molecular flexibility index (Phi) is 7.43. The summed E-state index contributed by atoms with van der Waals surface area (Å²) in [5.41, 5.74) is 5.16. The van der Waals surface area contributed by atoms with Gasteiger partial charge in [0, 0.05) is 46.6 Å². The molecule has 1 aromatic carbocycles. The van der Waals surface area contributed by atoms with Crippen LogP contribution >= 0.6 is 11.6 Å². The number of fused-ring (bicyclic) bond motifs is 1. The van der Waals surface area contributed by atoms with Crippen LogP contribution in [-0.2, 0) is 9.53 Å². The molecule has 4 aromatic rings. The first-order valence-corrected chi connectivity index (χ1v) is 13.4. The molecule has 5 rings (SSSR count). The van der Waals surface area contributed by atoms with E-state index >= 15 is 0 Å². The predicted octanol–water partition coefficient (Wildman–Crippen LogP) is 6.98. The maximum absolute atomic E-state index is 14.4. The monoisotopic (exact) mass is 538 g/mol. The Morgan fingerprint density at radius 2 is 2.05 bits per heavy atom. The van der Waals surface area contributed by atoms with Crippen LogP contribution in [0.3, 0.4) is 0 Å². The average molecular weight is 539 g/mol. The molecule has 1 atom stereocenters. The van der Waals surface area contributed by atoms with Crippen LogP contribution in [0.5, 0.6) is 5.75 Å². The van der Waals surface area contributed by atoms with E-state index in [2.05, 4.69) is 22.2 Å². The number of hydrogen-bond donors (Lipinski definition) is 1. The summed E-state index contributed by atoms with van der Waals surface area (Å²) in [7, 11) is 1.55. The number of halogens is 2. The molecule has 0 amide bonds. The van der Waals surface area contributed by atoms with E-state index in [1.54, 1.807) is 13.2 Å². The molecule has 1 aliphatic carbocycles. The summed E-state index contributed by atoms with van der Waals surface area (Å²) in [4.78, 5) is 20.0. The van der Waals surface area contributed by atoms with Gasteiger partial charge in [-0.2, -0.15) is 5.10 Å². The van der Waals surface area contributed by atoms with Crippen LogP contribution in [-0.4, -0.2) is 39.4 Å². The highest BCUT2D eigenvalue weighted by Crippen LogP contribution is 2.41. The Bertz CT molecular complexity index is 1470. The minimum atomic E-state index is -0.479. The lowest BCUT2D eigenvalue weighted by Gasteiger charge is -2.27. The Hall–Kier alpha value is -3.39. The topological polar surface area (TPSA) is 82.0 Å². The number of methoxy groups -OCH3 is 1. The van der Waals surface area contributed by atoms with E-state index in [9.17, 15) is 9.18 Å². The second kappa shape index (κ2) is 10.8. The van der Waals surface area contributed by atoms with Crippen molar-refractivity contribution in [1.29, 1.82) is 0 Å². The molecule has 0 unspecified atom stereocenters. The van der Waals surface area contributed by atoms with Crippen molar-refractivity contribution in [2.24, 2.45) is 5.92 Å². The third-order valence-electron chi connectivity index (χ3n) is 7.69. The van der Waals surface area contributed by atoms with Gasteiger partial charge in [-0.3, -0.25) is 9.48 Å². The molecule has 3 aromatic heterocycles. The van der Waals surface area contributed by atoms with E-state index in [-0.39, 0.29) is 28.9 Å². The standard InChI is InChI=1S/C29H32ClFN4O3/c1-5-38-29(36)18-6-8-20(9-7-18)35-15-23(17(3)34-35)19-12-21-22(14-33-28(21)32-13-19)16(2)26-25(37-4)11-10-24(31)27(26)30/h10-16,18,20H,5-9H2,1-4H3,(H,32,33)/t16-,18?,20?/m0/s1. The second-order valence-corrected chi connectivity index (χ2v) is 10.3. The zero-order valence-electron chi connectivity index (χ0n) is 22.1. The molecule has 1 N–H and O–H groups in total. The zero-order valence-corrected chi connectivity index (χ0v) is 22.8. The summed E-state index contributed by atoms with van der Waals surface area (Å²) >= 11 is 6.39. The number of H-pyrrole nitrogens is 1. The lowest BCUT2D eigenvalue weighted by molar-refractivity contribution is -0.149. The Morgan fingerprint density at radius 3 is 2.76 bits per heavy atom. The third-order valence-corrected chi connectivity index (χ3v) is 8.08. The highest BCUT2D eigenvalue weighted by Gasteiger charge is 2.29. The molecule has 0 aliphatic heterocycles. The van der Waals surface area contributed by atoms with Crippen LogP contribution in [0.15, 0.2) is 36.8 Å². The fourth-order valence-corrected chi connectivity index (χ4v) is 5.92. The third kappa shape index (κ3) is 4.77. The van der Waals surface area contributed by atoms with E-state index < -0.39 is 5.82 Å². The molecular weight excluding hydrogens is 507 g/mol. The van der Waals surface area contributed by atoms with Crippen molar-refractivity contribution in [3.63, 3.8) is 0 Å². The van der Waals surface area contributed by atoms with E-state index in [4.69, 9.17) is 26.2 Å². The number of aromatic nitrogens is 4. The molecule has 200 valence electrons. The normalized spacial score (nSPS) is 18.5. The van der Waals surface area contributed by atoms with Crippen LogP contribution in [0, 0.1) is 18.7 Å². The van der Waals surface area contributed by atoms with Gasteiger partial charge >= 0.3 is 5.97 Å². The van der Waals surface area contributed by atoms with Gasteiger partial charge in [-0.05, 0) is 63.3 Å². The number of nitrogens with zero attached hydrogens (tertiary/aromatic N) is 3. The lowest BCUT2D eigenvalue weighted by Crippen LogP contribution is -2.25. The van der Waals surface area contributed by atoms with Crippen LogP contribution in [0.2, 0.25) is 5.02 Å². The smallest absolute Gasteiger partial charge is 0.308 e. The molecular formula is C29H32ClFN4O3. The Labute approximate surface area is 226 Å². The van der Waals surface area contributed by atoms with Crippen LogP contribution in [0.1, 0.15) is 68.3 Å². The summed E-state index contributed by atoms with van der Waals surface area (Å²) in [6.07, 6.45) is 9.20. The molecule has 1 saturated carbocycles. The van der Waals surface area contributed by atoms with Gasteiger partial charge in [-0.15, -0.1) is 0 Å². The van der Waals surface area contributed by atoms with Gasteiger partial charge in [0.05, 0.1) is 36.4 Å². The van der Waals surface area contributed by atoms with Gasteiger partial charge in [0.1, 0.15) is 17.2 Å². The SMILES string of the molecule is CCOC(=O)C1CCC(n2cc(-c3cnc4[nH]cc([C@H](C)c5c(OC)ccc(F)c5Cl)c4c3)c(C)n2)CC1. The highest BCUT2D eigenvalue weighted by molar-refractivity contribution is 6.31. The van der Waals surface area contributed by atoms with Gasteiger partial charge in [0.15, 0.2) is 0 Å². The number of nitrogens with one attached hydrogen (secondary N) is 1. The van der Waals surface area contributed by atoms with Crippen LogP contribution in [0.25, 0.3) is 22.2 Å². The highest BCUT2D eigenvalue weighted by atomic mass is 35.5. The van der Waals surface area contributed by atoms with Gasteiger partial charge < -0.3 is 14.5 Å². The summed E-state index contributed by atoms with van der Waals surface area (Å²) in [5, 5.41) is 5.81. The van der Waals surface area contributed by atoms with Crippen LogP contribution < -0.4 is 4.74 Å². The summed E-state index contributed by atoms with van der Waals surface area (Å²) in [6, 6.07) is 5.26. The summed E-state index contributed by atoms with van der Waals surface area (Å²) < 4.78 is 27.1. The quantitative estimate of drug-likeness (QED) is 0.257. The number of benzene rings is 1. The van der Waals surface area contributed by atoms with Gasteiger partial charge in [0.25, 0.3) is 0 Å². The fraction of sp³-hybridized carbons (Fsp3) is 0.414. The molecule has 0 radical (unpaired) electrons. The molecule has 9 heteroatoms. The lowest BCUT2D eigenvalue weighted by atomic mass is 9.86. The molecule has 7 nitrogen and oxygen atoms in total. The molecule has 1 aliphatic rings. The Morgan fingerprint density at radius 1 is 1.29 bits per heavy atom. The number of aromatic amines is 1. The van der Waals surface area contributed by atoms with Crippen molar-refractivity contribution in [2.75, 3.05) is 13.7 Å². The van der Waals surface area contributed by atoms with E-state index in [0.29, 0.717) is 17.9 Å². The van der Waals surface area contributed by atoms with E-state index in [1.165, 1.54) is 6.07 Å². The number of carbonyl (C=O) groups is 1. The first-order valence-electron chi connectivity index (χ1n) is 13.0. The average Bonchev–Trinajstić information content (AvgIpc) is 3.53. The number of ether oxygens (including phenoxy) is 2. The van der Waals surface area contributed by atoms with Crippen molar-refractivity contribution in [3.8, 4) is 16.9 Å². The molecule has 1 fully saturated rings. The summed E-state index contributed by atoms with van der Waals surface area (Å²) in [5.74, 6) is -0.286. The number of esters is 1. The fourth-order valence-electron chi connectivity index (χ4n) is 5.60. The molecule has 38 heavy (non-hydrogen) atoms. The minimum Gasteiger partial charge on any atom is -0.496 e. The maximum Gasteiger partial charge on any atom is 0.308 e. The minimum absolute atomic E-state index is 0.0202. The predicted molar refractivity (Wildman–Crippen MR) is 145 cm³/mol. The maximum atomic E-state index is 14.4. The first kappa shape index (κ1) is 26.2. The number of hydrogen-bond acceptors (Lipinski definition) is 5. The van der Waals surface area contributed by atoms with E-state index in [0.717, 1.165) is 59.1 Å². The van der Waals surface area contributed by atoms with Gasteiger partial charge in [-0.1, -0.05) is 18.5 Å². The number of aryl methyl sites for hydroxylation is 1. The van der Waals surface area contributed by atoms with Crippen molar-refractivity contribution < 1.29 is 18.7 Å². The van der Waals surface area contributed by atoms with Gasteiger partial charge in [-0.25, -0.2) is 9.37 Å². The van der Waals surface area contributed by atoms with Gasteiger partial charge in [0.2, 0.25) is 0 Å². The Balaban J connectivity index is 1.44. The van der Waals surface area contributed by atoms with Crippen molar-refractivity contribution in [2.45, 2.75) is 58.4 Å². The van der Waals surface area contributed by atoms with Crippen molar-refractivity contribution in [3.05, 3.63) is 64.5 Å². The largest absolute Gasteiger partial charge is 0.496 e. The summed E-state index contributed by atoms with van der Waals surface area (Å²) in [6.45, 7) is 6.24. The number of carbonyl (C=O) groups excluding carboxylic acids is 1. The first-order chi connectivity index (χ1) is 18.3. The second-order valence-electron chi connectivity index (χ2n) is 9.93. The molecule has 0 saturated heterocycles. The van der Waals surface area contributed by atoms with Crippen LogP contribution in [0.4, 0.5) is 4.39 Å². The van der Waals surface area contributed by atoms with Crippen molar-refractivity contribution in [1.82, 2.24) is 19.7 Å². The molecule has 0 spiro atoms. The van der Waals surface area contributed by atoms with E-state index in [1.807, 2.05) is 37.8 Å². The molecule has 0 bridgehead atoms. The zero-order chi connectivity index (χ0) is 27.0. The van der Waals surface area contributed by atoms with Crippen molar-refractivity contribution >= 4 is 28.6 Å². The number of rotatable bonds is 7.